The highest BCUT2D eigenvalue weighted by molar-refractivity contribution is 6.08. The Kier molecular flexibility index (Phi) is 4.05. The van der Waals surface area contributed by atoms with Gasteiger partial charge in [0.2, 0.25) is 5.91 Å². The number of carbonyl (C=O) groups excluding carboxylic acids is 3. The maximum absolute atomic E-state index is 12.8. The second kappa shape index (κ2) is 6.27. The first-order valence-electron chi connectivity index (χ1n) is 9.05. The van der Waals surface area contributed by atoms with Gasteiger partial charge in [-0.15, -0.1) is 0 Å². The lowest BCUT2D eigenvalue weighted by Crippen LogP contribution is -2.33. The van der Waals surface area contributed by atoms with E-state index in [-0.39, 0.29) is 36.0 Å². The molecule has 2 fully saturated rings. The average molecular weight is 354 g/mol. The number of hydrogen-bond donors (Lipinski definition) is 0. The molecule has 0 saturated carbocycles. The van der Waals surface area contributed by atoms with Gasteiger partial charge in [-0.3, -0.25) is 14.4 Å². The maximum atomic E-state index is 12.8. The molecule has 1 amide bonds. The Morgan fingerprint density at radius 2 is 2.08 bits per heavy atom. The summed E-state index contributed by atoms with van der Waals surface area (Å²) in [5, 5.41) is 0.895. The summed E-state index contributed by atoms with van der Waals surface area (Å²) < 4.78 is 6.95. The zero-order valence-electron chi connectivity index (χ0n) is 15.0. The van der Waals surface area contributed by atoms with E-state index in [0.29, 0.717) is 25.3 Å². The van der Waals surface area contributed by atoms with Crippen molar-refractivity contribution >= 4 is 28.6 Å². The molecule has 4 rings (SSSR count). The summed E-state index contributed by atoms with van der Waals surface area (Å²) in [5.41, 5.74) is 2.71. The molecule has 2 aliphatic rings. The second-order valence-corrected chi connectivity index (χ2v) is 7.19. The van der Waals surface area contributed by atoms with Crippen molar-refractivity contribution in [1.82, 2.24) is 9.47 Å². The molecule has 3 heterocycles. The number of carbonyl (C=O) groups is 3. The van der Waals surface area contributed by atoms with Crippen LogP contribution in [0.4, 0.5) is 0 Å². The highest BCUT2D eigenvalue weighted by atomic mass is 16.5. The van der Waals surface area contributed by atoms with Gasteiger partial charge < -0.3 is 14.2 Å². The molecule has 0 bridgehead atoms. The van der Waals surface area contributed by atoms with E-state index in [2.05, 4.69) is 6.92 Å². The van der Waals surface area contributed by atoms with Gasteiger partial charge in [-0.1, -0.05) is 25.1 Å². The summed E-state index contributed by atoms with van der Waals surface area (Å²) in [5.74, 6) is -0.284. The summed E-state index contributed by atoms with van der Waals surface area (Å²) >= 11 is 0. The molecule has 6 heteroatoms. The first-order chi connectivity index (χ1) is 12.5. The average Bonchev–Trinajstić information content (AvgIpc) is 3.29. The van der Waals surface area contributed by atoms with Crippen molar-refractivity contribution in [2.45, 2.75) is 26.8 Å². The van der Waals surface area contributed by atoms with Crippen LogP contribution in [-0.2, 0) is 27.3 Å². The Morgan fingerprint density at radius 3 is 2.77 bits per heavy atom. The zero-order chi connectivity index (χ0) is 18.4. The number of para-hydroxylation sites is 1. The monoisotopic (exact) mass is 354 g/mol. The van der Waals surface area contributed by atoms with E-state index in [1.807, 2.05) is 22.8 Å². The predicted molar refractivity (Wildman–Crippen MR) is 95.8 cm³/mol. The van der Waals surface area contributed by atoms with Gasteiger partial charge in [0.05, 0.1) is 18.0 Å². The third-order valence-corrected chi connectivity index (χ3v) is 5.58. The third-order valence-electron chi connectivity index (χ3n) is 5.58. The van der Waals surface area contributed by atoms with Gasteiger partial charge in [-0.2, -0.15) is 0 Å². The smallest absolute Gasteiger partial charge is 0.311 e. The van der Waals surface area contributed by atoms with E-state index >= 15 is 0 Å². The summed E-state index contributed by atoms with van der Waals surface area (Å²) in [7, 11) is 0. The minimum absolute atomic E-state index is 0.00657. The van der Waals surface area contributed by atoms with E-state index in [1.165, 1.54) is 0 Å². The molecule has 2 atom stereocenters. The number of aryl methyl sites for hydroxylation is 1. The first kappa shape index (κ1) is 16.8. The van der Waals surface area contributed by atoms with Crippen molar-refractivity contribution in [1.29, 1.82) is 0 Å². The number of esters is 1. The molecule has 0 aliphatic carbocycles. The Bertz CT molecular complexity index is 914. The van der Waals surface area contributed by atoms with Gasteiger partial charge in [0, 0.05) is 36.2 Å². The van der Waals surface area contributed by atoms with Crippen LogP contribution in [-0.4, -0.2) is 46.8 Å². The molecule has 136 valence electrons. The predicted octanol–water partition coefficient (Wildman–Crippen LogP) is 2.04. The Labute approximate surface area is 151 Å². The van der Waals surface area contributed by atoms with Crippen LogP contribution >= 0.6 is 0 Å². The van der Waals surface area contributed by atoms with Gasteiger partial charge >= 0.3 is 5.97 Å². The number of rotatable bonds is 4. The van der Waals surface area contributed by atoms with Crippen LogP contribution in [0.25, 0.3) is 10.9 Å². The van der Waals surface area contributed by atoms with E-state index in [9.17, 15) is 14.4 Å². The maximum Gasteiger partial charge on any atom is 0.311 e. The third kappa shape index (κ3) is 2.60. The summed E-state index contributed by atoms with van der Waals surface area (Å²) in [6, 6.07) is 5.92. The first-order valence-corrected chi connectivity index (χ1v) is 9.05. The largest absolute Gasteiger partial charge is 0.465 e. The SMILES string of the molecule is CCc1cccc2c(C(C)=O)cn(CC(=O)N3C[C@@H]4COC(=O)[C@@H]4C3)c12. The van der Waals surface area contributed by atoms with Gasteiger partial charge in [-0.25, -0.2) is 0 Å². The van der Waals surface area contributed by atoms with Crippen LogP contribution in [0.15, 0.2) is 24.4 Å². The molecule has 2 aliphatic heterocycles. The normalized spacial score (nSPS) is 21.9. The van der Waals surface area contributed by atoms with Crippen molar-refractivity contribution in [2.75, 3.05) is 19.7 Å². The second-order valence-electron chi connectivity index (χ2n) is 7.19. The number of benzene rings is 1. The fourth-order valence-corrected chi connectivity index (χ4v) is 4.18. The van der Waals surface area contributed by atoms with Crippen LogP contribution in [0.5, 0.6) is 0 Å². The van der Waals surface area contributed by atoms with Crippen LogP contribution in [0, 0.1) is 11.8 Å². The molecular weight excluding hydrogens is 332 g/mol. The highest BCUT2D eigenvalue weighted by Gasteiger charge is 2.45. The molecule has 0 unspecified atom stereocenters. The highest BCUT2D eigenvalue weighted by Crippen LogP contribution is 2.31. The number of likely N-dealkylation sites (tertiary alicyclic amines) is 1. The quantitative estimate of drug-likeness (QED) is 0.622. The lowest BCUT2D eigenvalue weighted by molar-refractivity contribution is -0.142. The number of amides is 1. The molecule has 0 radical (unpaired) electrons. The van der Waals surface area contributed by atoms with Crippen molar-refractivity contribution in [3.63, 3.8) is 0 Å². The fraction of sp³-hybridized carbons (Fsp3) is 0.450. The number of Topliss-reactive ketones (excluding diaryl/α,β-unsaturated/α-hetero) is 1. The number of ketones is 1. The summed E-state index contributed by atoms with van der Waals surface area (Å²) in [4.78, 5) is 38.3. The molecule has 2 saturated heterocycles. The Morgan fingerprint density at radius 1 is 1.27 bits per heavy atom. The molecular formula is C20H22N2O4. The minimum Gasteiger partial charge on any atom is -0.465 e. The zero-order valence-corrected chi connectivity index (χ0v) is 15.0. The molecule has 2 aromatic rings. The van der Waals surface area contributed by atoms with Crippen LogP contribution < -0.4 is 0 Å². The molecule has 1 aromatic heterocycles. The van der Waals surface area contributed by atoms with Crippen molar-refractivity contribution in [3.8, 4) is 0 Å². The number of nitrogens with zero attached hydrogens (tertiary/aromatic N) is 2. The fourth-order valence-electron chi connectivity index (χ4n) is 4.18. The van der Waals surface area contributed by atoms with Crippen molar-refractivity contribution in [3.05, 3.63) is 35.5 Å². The Balaban J connectivity index is 1.64. The van der Waals surface area contributed by atoms with Gasteiger partial charge in [0.1, 0.15) is 6.54 Å². The number of ether oxygens (including phenoxy) is 1. The summed E-state index contributed by atoms with van der Waals surface area (Å²) in [6.07, 6.45) is 2.61. The summed E-state index contributed by atoms with van der Waals surface area (Å²) in [6.45, 7) is 5.20. The van der Waals surface area contributed by atoms with E-state index < -0.39 is 0 Å². The van der Waals surface area contributed by atoms with Crippen molar-refractivity contribution in [2.24, 2.45) is 11.8 Å². The number of cyclic esters (lactones) is 1. The topological polar surface area (TPSA) is 68.6 Å². The molecule has 26 heavy (non-hydrogen) atoms. The van der Waals surface area contributed by atoms with E-state index in [1.54, 1.807) is 18.0 Å². The van der Waals surface area contributed by atoms with E-state index in [0.717, 1.165) is 22.9 Å². The lowest BCUT2D eigenvalue weighted by atomic mass is 10.0. The molecule has 0 N–H and O–H groups in total. The number of hydrogen-bond acceptors (Lipinski definition) is 4. The van der Waals surface area contributed by atoms with E-state index in [4.69, 9.17) is 4.74 Å². The van der Waals surface area contributed by atoms with Crippen LogP contribution in [0.1, 0.15) is 29.8 Å². The van der Waals surface area contributed by atoms with Crippen LogP contribution in [0.3, 0.4) is 0 Å². The Hall–Kier alpha value is -2.63. The van der Waals surface area contributed by atoms with Crippen LogP contribution in [0.2, 0.25) is 0 Å². The van der Waals surface area contributed by atoms with Gasteiger partial charge in [-0.05, 0) is 18.9 Å². The number of fused-ring (bicyclic) bond motifs is 2. The minimum atomic E-state index is -0.191. The number of aromatic nitrogens is 1. The lowest BCUT2D eigenvalue weighted by Gasteiger charge is -2.18. The van der Waals surface area contributed by atoms with Crippen molar-refractivity contribution < 1.29 is 19.1 Å². The van der Waals surface area contributed by atoms with Gasteiger partial charge in [0.15, 0.2) is 5.78 Å². The molecule has 1 aromatic carbocycles. The molecule has 0 spiro atoms. The standard InChI is InChI=1S/C20H22N2O4/c1-3-13-5-4-6-15-16(12(2)23)8-22(19(13)15)10-18(24)21-7-14-11-26-20(25)17(14)9-21/h4-6,8,14,17H,3,7,9-11H2,1-2H3/t14-,17-/m1/s1. The van der Waals surface area contributed by atoms with Gasteiger partial charge in [0.25, 0.3) is 0 Å². The molecule has 6 nitrogen and oxygen atoms in total.